The molecule has 0 spiro atoms. The van der Waals surface area contributed by atoms with E-state index in [1.165, 1.54) is 0 Å². The van der Waals surface area contributed by atoms with Gasteiger partial charge in [-0.15, -0.1) is 0 Å². The molecular formula is C21H24N6O3. The van der Waals surface area contributed by atoms with E-state index in [1.54, 1.807) is 12.1 Å². The molecule has 1 fully saturated rings. The molecule has 1 aromatic heterocycles. The van der Waals surface area contributed by atoms with Crippen LogP contribution in [0.4, 0.5) is 10.6 Å². The predicted molar refractivity (Wildman–Crippen MR) is 112 cm³/mol. The summed E-state index contributed by atoms with van der Waals surface area (Å²) in [6.07, 6.45) is -1.14. The molecule has 1 aliphatic heterocycles. The number of hydrogen-bond acceptors (Lipinski definition) is 6. The van der Waals surface area contributed by atoms with Crippen LogP contribution in [0, 0.1) is 11.3 Å². The van der Waals surface area contributed by atoms with Crippen LogP contribution in [0.3, 0.4) is 0 Å². The minimum atomic E-state index is -1.14. The highest BCUT2D eigenvalue weighted by atomic mass is 16.4. The quantitative estimate of drug-likeness (QED) is 0.705. The Morgan fingerprint density at radius 3 is 2.43 bits per heavy atom. The monoisotopic (exact) mass is 408 g/mol. The first kappa shape index (κ1) is 21.1. The van der Waals surface area contributed by atoms with Crippen molar-refractivity contribution in [3.63, 3.8) is 0 Å². The van der Waals surface area contributed by atoms with Crippen LogP contribution in [0.15, 0.2) is 42.5 Å². The molecule has 1 aromatic carbocycles. The number of hydrogen-bond donors (Lipinski definition) is 2. The van der Waals surface area contributed by atoms with E-state index in [-0.39, 0.29) is 13.1 Å². The summed E-state index contributed by atoms with van der Waals surface area (Å²) in [5.74, 6) is 0.229. The third-order valence-corrected chi connectivity index (χ3v) is 5.04. The number of carbonyl (C=O) groups is 2. The zero-order chi connectivity index (χ0) is 21.5. The molecule has 156 valence electrons. The lowest BCUT2D eigenvalue weighted by molar-refractivity contribution is -0.118. The fourth-order valence-electron chi connectivity index (χ4n) is 3.37. The number of primary amides is 1. The fraction of sp³-hybridized carbons (Fsp3) is 0.333. The maximum absolute atomic E-state index is 11.2. The van der Waals surface area contributed by atoms with Crippen molar-refractivity contribution >= 4 is 17.8 Å². The van der Waals surface area contributed by atoms with Gasteiger partial charge in [0.1, 0.15) is 12.4 Å². The minimum Gasteiger partial charge on any atom is -0.465 e. The van der Waals surface area contributed by atoms with Gasteiger partial charge in [-0.2, -0.15) is 5.26 Å². The van der Waals surface area contributed by atoms with Crippen LogP contribution in [-0.2, 0) is 4.79 Å². The molecule has 3 N–H and O–H groups in total. The van der Waals surface area contributed by atoms with Gasteiger partial charge in [0.05, 0.1) is 17.3 Å². The van der Waals surface area contributed by atoms with E-state index < -0.39 is 12.0 Å². The summed E-state index contributed by atoms with van der Waals surface area (Å²) in [6, 6.07) is 15.3. The van der Waals surface area contributed by atoms with Crippen molar-refractivity contribution in [1.29, 1.82) is 5.26 Å². The first-order valence-electron chi connectivity index (χ1n) is 9.67. The maximum atomic E-state index is 11.2. The van der Waals surface area contributed by atoms with Gasteiger partial charge in [-0.1, -0.05) is 18.2 Å². The van der Waals surface area contributed by atoms with Gasteiger partial charge in [-0.05, 0) is 24.3 Å². The number of amides is 2. The van der Waals surface area contributed by atoms with Gasteiger partial charge in [0.25, 0.3) is 0 Å². The molecule has 1 saturated heterocycles. The summed E-state index contributed by atoms with van der Waals surface area (Å²) in [5, 5.41) is 18.1. The maximum Gasteiger partial charge on any atom is 0.407 e. The average Bonchev–Trinajstić information content (AvgIpc) is 2.77. The van der Waals surface area contributed by atoms with E-state index in [0.29, 0.717) is 12.1 Å². The second kappa shape index (κ2) is 9.71. The van der Waals surface area contributed by atoms with Gasteiger partial charge in [0, 0.05) is 44.8 Å². The Labute approximate surface area is 174 Å². The third-order valence-electron chi connectivity index (χ3n) is 5.04. The standard InChI is InChI=1S/C21H24N6O3/c22-14-16-4-6-17(7-5-16)18-2-1-3-20(24-18)26-11-8-25(9-12-26)10-13-27(21(29)30)15-19(23)28/h1-7H,8-13,15H2,(H2,23,28)(H,29,30). The number of carbonyl (C=O) groups excluding carboxylic acids is 1. The normalized spacial score (nSPS) is 14.2. The molecule has 2 amide bonds. The molecule has 0 aliphatic carbocycles. The van der Waals surface area contributed by atoms with Gasteiger partial charge >= 0.3 is 6.09 Å². The highest BCUT2D eigenvalue weighted by Crippen LogP contribution is 2.22. The number of anilines is 1. The van der Waals surface area contributed by atoms with Crippen molar-refractivity contribution in [2.75, 3.05) is 50.7 Å². The number of rotatable bonds is 7. The van der Waals surface area contributed by atoms with Crippen LogP contribution < -0.4 is 10.6 Å². The Balaban J connectivity index is 1.56. The lowest BCUT2D eigenvalue weighted by Gasteiger charge is -2.36. The van der Waals surface area contributed by atoms with Crippen molar-refractivity contribution in [2.45, 2.75) is 0 Å². The van der Waals surface area contributed by atoms with Crippen LogP contribution in [0.2, 0.25) is 0 Å². The summed E-state index contributed by atoms with van der Waals surface area (Å²) in [4.78, 5) is 32.4. The number of piperazine rings is 1. The number of carboxylic acid groups (broad SMARTS) is 1. The number of aromatic nitrogens is 1. The summed E-state index contributed by atoms with van der Waals surface area (Å²) in [5.41, 5.74) is 7.53. The van der Waals surface area contributed by atoms with Gasteiger partial charge in [0.15, 0.2) is 0 Å². The summed E-state index contributed by atoms with van der Waals surface area (Å²) >= 11 is 0. The number of nitrogens with two attached hydrogens (primary N) is 1. The lowest BCUT2D eigenvalue weighted by atomic mass is 10.1. The minimum absolute atomic E-state index is 0.241. The number of benzene rings is 1. The summed E-state index contributed by atoms with van der Waals surface area (Å²) < 4.78 is 0. The molecule has 0 radical (unpaired) electrons. The van der Waals surface area contributed by atoms with E-state index in [0.717, 1.165) is 48.2 Å². The van der Waals surface area contributed by atoms with Crippen molar-refractivity contribution in [3.8, 4) is 17.3 Å². The molecule has 0 unspecified atom stereocenters. The van der Waals surface area contributed by atoms with E-state index in [2.05, 4.69) is 15.9 Å². The topological polar surface area (TPSA) is 127 Å². The molecule has 0 saturated carbocycles. The second-order valence-corrected chi connectivity index (χ2v) is 7.07. The van der Waals surface area contributed by atoms with E-state index in [4.69, 9.17) is 21.1 Å². The van der Waals surface area contributed by atoms with Gasteiger partial charge in [0.2, 0.25) is 5.91 Å². The zero-order valence-corrected chi connectivity index (χ0v) is 16.6. The van der Waals surface area contributed by atoms with E-state index in [1.807, 2.05) is 30.3 Å². The largest absolute Gasteiger partial charge is 0.465 e. The van der Waals surface area contributed by atoms with Crippen molar-refractivity contribution in [1.82, 2.24) is 14.8 Å². The molecule has 0 atom stereocenters. The van der Waals surface area contributed by atoms with Gasteiger partial charge in [-0.25, -0.2) is 9.78 Å². The van der Waals surface area contributed by atoms with Crippen LogP contribution in [0.25, 0.3) is 11.3 Å². The Kier molecular flexibility index (Phi) is 6.83. The highest BCUT2D eigenvalue weighted by Gasteiger charge is 2.21. The Morgan fingerprint density at radius 2 is 1.83 bits per heavy atom. The fourth-order valence-corrected chi connectivity index (χ4v) is 3.37. The van der Waals surface area contributed by atoms with Crippen LogP contribution in [0.5, 0.6) is 0 Å². The summed E-state index contributed by atoms with van der Waals surface area (Å²) in [7, 11) is 0. The van der Waals surface area contributed by atoms with Crippen LogP contribution in [-0.4, -0.2) is 77.7 Å². The SMILES string of the molecule is N#Cc1ccc(-c2cccc(N3CCN(CCN(CC(N)=O)C(=O)O)CC3)n2)cc1. The van der Waals surface area contributed by atoms with Crippen LogP contribution in [0.1, 0.15) is 5.56 Å². The second-order valence-electron chi connectivity index (χ2n) is 7.07. The number of pyridine rings is 1. The molecule has 9 heteroatoms. The van der Waals surface area contributed by atoms with Gasteiger partial charge in [-0.3, -0.25) is 14.6 Å². The first-order valence-corrected chi connectivity index (χ1v) is 9.67. The van der Waals surface area contributed by atoms with Gasteiger partial charge < -0.3 is 15.7 Å². The van der Waals surface area contributed by atoms with E-state index in [9.17, 15) is 9.59 Å². The predicted octanol–water partition coefficient (Wildman–Crippen LogP) is 1.21. The van der Waals surface area contributed by atoms with Crippen LogP contribution >= 0.6 is 0 Å². The molecular weight excluding hydrogens is 384 g/mol. The summed E-state index contributed by atoms with van der Waals surface area (Å²) in [6.45, 7) is 3.58. The molecule has 1 aliphatic rings. The van der Waals surface area contributed by atoms with Crippen molar-refractivity contribution < 1.29 is 14.7 Å². The molecule has 2 heterocycles. The first-order chi connectivity index (χ1) is 14.5. The molecule has 0 bridgehead atoms. The molecule has 9 nitrogen and oxygen atoms in total. The smallest absolute Gasteiger partial charge is 0.407 e. The Hall–Kier alpha value is -3.64. The zero-order valence-electron chi connectivity index (χ0n) is 16.6. The molecule has 3 rings (SSSR count). The average molecular weight is 408 g/mol. The number of nitriles is 1. The third kappa shape index (κ3) is 5.46. The Morgan fingerprint density at radius 1 is 1.13 bits per heavy atom. The van der Waals surface area contributed by atoms with Crippen molar-refractivity contribution in [2.24, 2.45) is 5.73 Å². The lowest BCUT2D eigenvalue weighted by Crippen LogP contribution is -2.49. The molecule has 30 heavy (non-hydrogen) atoms. The van der Waals surface area contributed by atoms with E-state index >= 15 is 0 Å². The number of nitrogens with zero attached hydrogens (tertiary/aromatic N) is 5. The van der Waals surface area contributed by atoms with Crippen molar-refractivity contribution in [3.05, 3.63) is 48.0 Å². The highest BCUT2D eigenvalue weighted by molar-refractivity contribution is 5.80. The Bertz CT molecular complexity index is 933. The molecule has 2 aromatic rings.